The molecule has 6 nitrogen and oxygen atoms in total. The molecule has 0 radical (unpaired) electrons. The summed E-state index contributed by atoms with van der Waals surface area (Å²) in [5.41, 5.74) is 1.64. The van der Waals surface area contributed by atoms with Gasteiger partial charge < -0.3 is 0 Å². The molecule has 0 saturated heterocycles. The predicted molar refractivity (Wildman–Crippen MR) is 103 cm³/mol. The minimum atomic E-state index is -1.21. The van der Waals surface area contributed by atoms with Gasteiger partial charge in [0.1, 0.15) is 5.82 Å². The van der Waals surface area contributed by atoms with Crippen LogP contribution in [-0.4, -0.2) is 23.5 Å². The summed E-state index contributed by atoms with van der Waals surface area (Å²) in [6.45, 7) is 8.50. The third-order valence-corrected chi connectivity index (χ3v) is 7.48. The molecule has 2 aromatic rings. The Kier molecular flexibility index (Phi) is 4.08. The number of nitrogens with one attached hydrogen (secondary N) is 1. The summed E-state index contributed by atoms with van der Waals surface area (Å²) in [5, 5.41) is 0.554. The molecular weight excluding hydrogens is 348 g/mol. The molecule has 0 amide bonds. The molecule has 140 valence electrons. The molecule has 7 heteroatoms. The third-order valence-electron chi connectivity index (χ3n) is 5.80. The highest BCUT2D eigenvalue weighted by Crippen LogP contribution is 2.49. The first-order valence-corrected chi connectivity index (χ1v) is 10.4. The predicted octanol–water partition coefficient (Wildman–Crippen LogP) is 2.73. The Morgan fingerprint density at radius 3 is 2.62 bits per heavy atom. The summed E-state index contributed by atoms with van der Waals surface area (Å²) in [6.07, 6.45) is 7.81. The van der Waals surface area contributed by atoms with Gasteiger partial charge in [-0.3, -0.25) is 14.3 Å². The fourth-order valence-electron chi connectivity index (χ4n) is 4.00. The Labute approximate surface area is 156 Å². The third kappa shape index (κ3) is 2.63. The Hall–Kier alpha value is -1.60. The smallest absolute Gasteiger partial charge is 0.262 e. The van der Waals surface area contributed by atoms with Crippen LogP contribution in [-0.2, 0) is 22.9 Å². The molecule has 26 heavy (non-hydrogen) atoms. The lowest BCUT2D eigenvalue weighted by Crippen LogP contribution is -2.36. The lowest BCUT2D eigenvalue weighted by atomic mass is 9.67. The van der Waals surface area contributed by atoms with E-state index in [1.54, 1.807) is 12.4 Å². The van der Waals surface area contributed by atoms with E-state index < -0.39 is 11.0 Å². The second kappa shape index (κ2) is 5.96. The van der Waals surface area contributed by atoms with Crippen LogP contribution in [0.15, 0.2) is 17.2 Å². The van der Waals surface area contributed by atoms with Gasteiger partial charge in [0, 0.05) is 36.0 Å². The molecule has 1 N–H and O–H groups in total. The monoisotopic (exact) mass is 374 g/mol. The molecule has 0 unspecified atom stereocenters. The van der Waals surface area contributed by atoms with E-state index in [1.165, 1.54) is 6.42 Å². The van der Waals surface area contributed by atoms with E-state index in [1.807, 2.05) is 32.3 Å². The van der Waals surface area contributed by atoms with Gasteiger partial charge in [0.15, 0.2) is 0 Å². The number of nitrogens with zero attached hydrogens (tertiary/aromatic N) is 3. The van der Waals surface area contributed by atoms with Crippen molar-refractivity contribution >= 4 is 21.9 Å². The molecule has 1 spiro atoms. The van der Waals surface area contributed by atoms with E-state index in [2.05, 4.69) is 9.71 Å². The fraction of sp³-hybridized carbons (Fsp3) is 0.632. The molecule has 4 rings (SSSR count). The highest BCUT2D eigenvalue weighted by atomic mass is 32.2. The van der Waals surface area contributed by atoms with Crippen LogP contribution < -0.4 is 10.3 Å². The zero-order valence-electron chi connectivity index (χ0n) is 15.8. The Morgan fingerprint density at radius 2 is 2.00 bits per heavy atom. The largest absolute Gasteiger partial charge is 0.296 e. The van der Waals surface area contributed by atoms with Crippen LogP contribution in [0.1, 0.15) is 70.8 Å². The number of hydrogen-bond acceptors (Lipinski definition) is 4. The van der Waals surface area contributed by atoms with Crippen molar-refractivity contribution in [3.63, 3.8) is 0 Å². The molecule has 1 aliphatic carbocycles. The van der Waals surface area contributed by atoms with Crippen molar-refractivity contribution in [2.45, 2.75) is 76.1 Å². The first-order chi connectivity index (χ1) is 12.2. The van der Waals surface area contributed by atoms with Crippen molar-refractivity contribution in [3.8, 4) is 0 Å². The molecule has 1 saturated carbocycles. The number of hydrogen-bond donors (Lipinski definition) is 1. The molecule has 2 aromatic heterocycles. The zero-order chi connectivity index (χ0) is 18.7. The average Bonchev–Trinajstić information content (AvgIpc) is 2.93. The van der Waals surface area contributed by atoms with Crippen molar-refractivity contribution in [2.24, 2.45) is 0 Å². The van der Waals surface area contributed by atoms with E-state index >= 15 is 0 Å². The first-order valence-electron chi connectivity index (χ1n) is 9.30. The highest BCUT2D eigenvalue weighted by Gasteiger charge is 2.46. The van der Waals surface area contributed by atoms with Crippen LogP contribution >= 0.6 is 0 Å². The van der Waals surface area contributed by atoms with Gasteiger partial charge in [0.25, 0.3) is 5.56 Å². The zero-order valence-corrected chi connectivity index (χ0v) is 16.7. The first kappa shape index (κ1) is 17.8. The van der Waals surface area contributed by atoms with Gasteiger partial charge in [-0.05, 0) is 47.0 Å². The summed E-state index contributed by atoms with van der Waals surface area (Å²) in [4.78, 5) is 22.2. The molecule has 0 bridgehead atoms. The van der Waals surface area contributed by atoms with E-state index in [9.17, 15) is 9.00 Å². The summed E-state index contributed by atoms with van der Waals surface area (Å²) in [7, 11) is -1.21. The average molecular weight is 375 g/mol. The van der Waals surface area contributed by atoms with Crippen LogP contribution in [0.3, 0.4) is 0 Å². The maximum atomic E-state index is 13.0. The SMILES string of the molecule is C[C@@H](N[S@](=O)C(C)(C)C)c1cncc2c(=O)n3c(nc12)C1(CCC1)CC3. The van der Waals surface area contributed by atoms with Gasteiger partial charge in [-0.2, -0.15) is 0 Å². The normalized spacial score (nSPS) is 20.8. The van der Waals surface area contributed by atoms with Gasteiger partial charge in [0.2, 0.25) is 0 Å². The van der Waals surface area contributed by atoms with Gasteiger partial charge in [-0.15, -0.1) is 0 Å². The van der Waals surface area contributed by atoms with Crippen molar-refractivity contribution in [1.82, 2.24) is 19.3 Å². The summed E-state index contributed by atoms with van der Waals surface area (Å²) < 4.78 is 17.1. The van der Waals surface area contributed by atoms with E-state index in [4.69, 9.17) is 4.98 Å². The van der Waals surface area contributed by atoms with Crippen molar-refractivity contribution in [1.29, 1.82) is 0 Å². The quantitative estimate of drug-likeness (QED) is 0.896. The van der Waals surface area contributed by atoms with E-state index in [0.29, 0.717) is 10.9 Å². The number of aromatic nitrogens is 3. The maximum Gasteiger partial charge on any atom is 0.262 e. The van der Waals surface area contributed by atoms with Gasteiger partial charge in [-0.1, -0.05) is 6.42 Å². The molecule has 1 fully saturated rings. The second-order valence-corrected chi connectivity index (χ2v) is 10.6. The topological polar surface area (TPSA) is 76.9 Å². The molecule has 3 heterocycles. The van der Waals surface area contributed by atoms with Crippen molar-refractivity contribution in [3.05, 3.63) is 34.1 Å². The Bertz CT molecular complexity index is 956. The van der Waals surface area contributed by atoms with E-state index in [0.717, 1.165) is 37.2 Å². The molecule has 0 aromatic carbocycles. The number of fused-ring (bicyclic) bond motifs is 3. The Morgan fingerprint density at radius 1 is 1.27 bits per heavy atom. The molecule has 2 aliphatic rings. The summed E-state index contributed by atoms with van der Waals surface area (Å²) in [6, 6.07) is -0.208. The van der Waals surface area contributed by atoms with Crippen LogP contribution in [0, 0.1) is 0 Å². The van der Waals surface area contributed by atoms with Gasteiger partial charge in [-0.25, -0.2) is 13.9 Å². The standard InChI is InChI=1S/C19H26N4O2S/c1-12(22-26(25)18(2,3)4)13-10-20-11-14-15(13)21-17-19(6-5-7-19)8-9-23(17)16(14)24/h10-12,22H,5-9H2,1-4H3/t12-,26-/m1/s1. The lowest BCUT2D eigenvalue weighted by Gasteiger charge is -2.37. The lowest BCUT2D eigenvalue weighted by molar-refractivity contribution is 0.238. The maximum absolute atomic E-state index is 13.0. The van der Waals surface area contributed by atoms with Crippen molar-refractivity contribution in [2.75, 3.05) is 0 Å². The minimum Gasteiger partial charge on any atom is -0.296 e. The van der Waals surface area contributed by atoms with Crippen LogP contribution in [0.4, 0.5) is 0 Å². The second-order valence-electron chi connectivity index (χ2n) is 8.62. The van der Waals surface area contributed by atoms with Crippen LogP contribution in [0.5, 0.6) is 0 Å². The minimum absolute atomic E-state index is 0.00673. The van der Waals surface area contributed by atoms with Crippen LogP contribution in [0.2, 0.25) is 0 Å². The number of pyridine rings is 1. The summed E-state index contributed by atoms with van der Waals surface area (Å²) in [5.74, 6) is 0.942. The molecule has 1 aliphatic heterocycles. The highest BCUT2D eigenvalue weighted by molar-refractivity contribution is 7.84. The molecular formula is C19H26N4O2S. The fourth-order valence-corrected chi connectivity index (χ4v) is 4.81. The van der Waals surface area contributed by atoms with Gasteiger partial charge >= 0.3 is 0 Å². The Balaban J connectivity index is 1.82. The van der Waals surface area contributed by atoms with E-state index in [-0.39, 0.29) is 21.8 Å². The van der Waals surface area contributed by atoms with Gasteiger partial charge in [0.05, 0.1) is 26.6 Å². The molecule has 2 atom stereocenters. The summed E-state index contributed by atoms with van der Waals surface area (Å²) >= 11 is 0. The van der Waals surface area contributed by atoms with Crippen LogP contribution in [0.25, 0.3) is 10.9 Å². The number of rotatable bonds is 3. The van der Waals surface area contributed by atoms with Crippen molar-refractivity contribution < 1.29 is 4.21 Å².